The van der Waals surface area contributed by atoms with E-state index in [9.17, 15) is 18.0 Å². The summed E-state index contributed by atoms with van der Waals surface area (Å²) in [5, 5.41) is -0.267. The molecule has 0 N–H and O–H groups in total. The third kappa shape index (κ3) is 3.56. The lowest BCUT2D eigenvalue weighted by atomic mass is 9.86. The molecule has 1 saturated carbocycles. The molecule has 1 atom stereocenters. The highest BCUT2D eigenvalue weighted by molar-refractivity contribution is 7.90. The molecule has 3 fully saturated rings. The smallest absolute Gasteiger partial charge is 0.225 e. The Morgan fingerprint density at radius 1 is 1.20 bits per heavy atom. The minimum Gasteiger partial charge on any atom is -0.342 e. The van der Waals surface area contributed by atoms with E-state index in [2.05, 4.69) is 0 Å². The summed E-state index contributed by atoms with van der Waals surface area (Å²) in [4.78, 5) is 28.5. The van der Waals surface area contributed by atoms with E-state index in [0.717, 1.165) is 12.8 Å². The van der Waals surface area contributed by atoms with Crippen molar-refractivity contribution in [2.24, 2.45) is 11.3 Å². The lowest BCUT2D eigenvalue weighted by Gasteiger charge is -2.34. The number of carbonyl (C=O) groups excluding carboxylic acids is 2. The lowest BCUT2D eigenvalue weighted by molar-refractivity contribution is -0.135. The van der Waals surface area contributed by atoms with Crippen LogP contribution in [0.4, 0.5) is 0 Å². The van der Waals surface area contributed by atoms with E-state index in [4.69, 9.17) is 0 Å². The summed E-state index contributed by atoms with van der Waals surface area (Å²) in [7, 11) is -3.32. The lowest BCUT2D eigenvalue weighted by Crippen LogP contribution is -2.46. The normalized spacial score (nSPS) is 28.9. The van der Waals surface area contributed by atoms with E-state index in [-0.39, 0.29) is 23.0 Å². The third-order valence-electron chi connectivity index (χ3n) is 5.56. The summed E-state index contributed by atoms with van der Waals surface area (Å²) in [5.41, 5.74) is -0.490. The Morgan fingerprint density at radius 3 is 2.40 bits per heavy atom. The van der Waals surface area contributed by atoms with Crippen LogP contribution >= 0.6 is 0 Å². The zero-order chi connectivity index (χ0) is 18.4. The minimum atomic E-state index is -3.32. The van der Waals surface area contributed by atoms with E-state index in [1.165, 1.54) is 0 Å². The largest absolute Gasteiger partial charge is 0.342 e. The predicted octanol–water partition coefficient (Wildman–Crippen LogP) is 0.517. The Hall–Kier alpha value is -1.15. The van der Waals surface area contributed by atoms with Crippen LogP contribution in [0.2, 0.25) is 0 Å². The average Bonchev–Trinajstić information content (AvgIpc) is 3.35. The number of carbonyl (C=O) groups is 2. The maximum atomic E-state index is 12.8. The van der Waals surface area contributed by atoms with Crippen LogP contribution in [0.5, 0.6) is 0 Å². The molecule has 1 aliphatic carbocycles. The van der Waals surface area contributed by atoms with Crippen molar-refractivity contribution in [1.29, 1.82) is 0 Å². The Kier molecular flexibility index (Phi) is 4.87. The first kappa shape index (κ1) is 18.6. The highest BCUT2D eigenvalue weighted by Crippen LogP contribution is 2.39. The molecule has 2 aliphatic heterocycles. The van der Waals surface area contributed by atoms with Crippen LogP contribution in [0.15, 0.2) is 0 Å². The third-order valence-corrected chi connectivity index (χ3v) is 7.90. The molecule has 0 aromatic carbocycles. The molecule has 7 nitrogen and oxygen atoms in total. The first-order valence-electron chi connectivity index (χ1n) is 9.24. The van der Waals surface area contributed by atoms with Crippen LogP contribution in [0.1, 0.15) is 40.0 Å². The summed E-state index contributed by atoms with van der Waals surface area (Å²) >= 11 is 0. The van der Waals surface area contributed by atoms with Crippen molar-refractivity contribution in [1.82, 2.24) is 14.1 Å². The number of hydrogen-bond donors (Lipinski definition) is 0. The zero-order valence-electron chi connectivity index (χ0n) is 15.4. The van der Waals surface area contributed by atoms with Gasteiger partial charge in [0.25, 0.3) is 0 Å². The van der Waals surface area contributed by atoms with Crippen LogP contribution in [0.25, 0.3) is 0 Å². The molecule has 142 valence electrons. The van der Waals surface area contributed by atoms with Crippen molar-refractivity contribution >= 4 is 21.8 Å². The second kappa shape index (κ2) is 6.54. The predicted molar refractivity (Wildman–Crippen MR) is 94.2 cm³/mol. The van der Waals surface area contributed by atoms with Crippen molar-refractivity contribution in [2.75, 3.05) is 39.3 Å². The molecular formula is C17H29N3O4S. The monoisotopic (exact) mass is 371 g/mol. The summed E-state index contributed by atoms with van der Waals surface area (Å²) < 4.78 is 27.2. The highest BCUT2D eigenvalue weighted by atomic mass is 32.2. The van der Waals surface area contributed by atoms with Gasteiger partial charge in [-0.3, -0.25) is 9.59 Å². The summed E-state index contributed by atoms with van der Waals surface area (Å²) in [6.45, 7) is 8.34. The quantitative estimate of drug-likeness (QED) is 0.722. The Morgan fingerprint density at radius 2 is 1.88 bits per heavy atom. The number of amides is 2. The van der Waals surface area contributed by atoms with Crippen molar-refractivity contribution in [3.8, 4) is 0 Å². The van der Waals surface area contributed by atoms with E-state index in [1.807, 2.05) is 20.8 Å². The average molecular weight is 372 g/mol. The van der Waals surface area contributed by atoms with Gasteiger partial charge in [-0.15, -0.1) is 0 Å². The molecule has 2 saturated heterocycles. The molecule has 0 bridgehead atoms. The van der Waals surface area contributed by atoms with E-state index in [0.29, 0.717) is 45.7 Å². The van der Waals surface area contributed by atoms with E-state index >= 15 is 0 Å². The Bertz CT molecular complexity index is 659. The van der Waals surface area contributed by atoms with Crippen LogP contribution in [-0.2, 0) is 19.6 Å². The van der Waals surface area contributed by atoms with Crippen LogP contribution in [0, 0.1) is 11.3 Å². The highest BCUT2D eigenvalue weighted by Gasteiger charge is 2.50. The van der Waals surface area contributed by atoms with Gasteiger partial charge in [0.05, 0.1) is 5.25 Å². The van der Waals surface area contributed by atoms with Gasteiger partial charge in [-0.2, -0.15) is 4.31 Å². The molecule has 0 radical (unpaired) electrons. The fourth-order valence-corrected chi connectivity index (χ4v) is 5.99. The SMILES string of the molecule is CCN1C[C@@]2(CC1=O)CN(C(=O)C(C)C)CCN(S(=O)(=O)C1CC1)C2. The van der Waals surface area contributed by atoms with Crippen molar-refractivity contribution in [3.63, 3.8) is 0 Å². The molecule has 1 spiro atoms. The number of rotatable bonds is 4. The molecule has 0 aromatic heterocycles. The second-order valence-corrected chi connectivity index (χ2v) is 10.3. The van der Waals surface area contributed by atoms with Gasteiger partial charge in [0.1, 0.15) is 0 Å². The second-order valence-electron chi connectivity index (χ2n) is 8.08. The molecule has 3 rings (SSSR count). The van der Waals surface area contributed by atoms with Gasteiger partial charge in [0, 0.05) is 57.0 Å². The van der Waals surface area contributed by atoms with Gasteiger partial charge in [-0.1, -0.05) is 13.8 Å². The van der Waals surface area contributed by atoms with E-state index in [1.54, 1.807) is 14.1 Å². The first-order valence-corrected chi connectivity index (χ1v) is 10.7. The van der Waals surface area contributed by atoms with Crippen LogP contribution < -0.4 is 0 Å². The van der Waals surface area contributed by atoms with Gasteiger partial charge < -0.3 is 9.80 Å². The molecule has 0 aromatic rings. The molecular weight excluding hydrogens is 342 g/mol. The Labute approximate surface area is 150 Å². The van der Waals surface area contributed by atoms with Crippen molar-refractivity contribution < 1.29 is 18.0 Å². The molecule has 8 heteroatoms. The number of hydrogen-bond acceptors (Lipinski definition) is 4. The standard InChI is InChI=1S/C17H29N3O4S/c1-4-18-10-17(9-15(18)21)11-19(16(22)13(2)3)7-8-20(12-17)25(23,24)14-5-6-14/h13-14H,4-12H2,1-3H3/t17-/m0/s1. The molecule has 25 heavy (non-hydrogen) atoms. The molecule has 2 amide bonds. The number of likely N-dealkylation sites (tertiary alicyclic amines) is 1. The molecule has 3 aliphatic rings. The van der Waals surface area contributed by atoms with Crippen LogP contribution in [-0.4, -0.2) is 78.9 Å². The fourth-order valence-electron chi connectivity index (χ4n) is 4.05. The number of sulfonamides is 1. The summed E-state index contributed by atoms with van der Waals surface area (Å²) in [6, 6.07) is 0. The van der Waals surface area contributed by atoms with Gasteiger partial charge in [0.2, 0.25) is 21.8 Å². The molecule has 2 heterocycles. The van der Waals surface area contributed by atoms with Gasteiger partial charge in [-0.05, 0) is 19.8 Å². The first-order chi connectivity index (χ1) is 11.7. The maximum Gasteiger partial charge on any atom is 0.225 e. The topological polar surface area (TPSA) is 78.0 Å². The van der Waals surface area contributed by atoms with Gasteiger partial charge in [0.15, 0.2) is 0 Å². The summed E-state index contributed by atoms with van der Waals surface area (Å²) in [6.07, 6.45) is 1.76. The van der Waals surface area contributed by atoms with Crippen molar-refractivity contribution in [3.05, 3.63) is 0 Å². The van der Waals surface area contributed by atoms with Gasteiger partial charge >= 0.3 is 0 Å². The molecule has 0 unspecified atom stereocenters. The van der Waals surface area contributed by atoms with E-state index < -0.39 is 15.4 Å². The fraction of sp³-hybridized carbons (Fsp3) is 0.882. The Balaban J connectivity index is 1.90. The van der Waals surface area contributed by atoms with Gasteiger partial charge in [-0.25, -0.2) is 8.42 Å². The maximum absolute atomic E-state index is 12.8. The minimum absolute atomic E-state index is 0.0347. The summed E-state index contributed by atoms with van der Waals surface area (Å²) in [5.74, 6) is -0.0411. The zero-order valence-corrected chi connectivity index (χ0v) is 16.2. The van der Waals surface area contributed by atoms with Crippen LogP contribution in [0.3, 0.4) is 0 Å². The number of nitrogens with zero attached hydrogens (tertiary/aromatic N) is 3. The van der Waals surface area contributed by atoms with Crippen molar-refractivity contribution in [2.45, 2.75) is 45.3 Å².